The van der Waals surface area contributed by atoms with Crippen LogP contribution in [0.5, 0.6) is 0 Å². The largest absolute Gasteiger partial charge is 0.345 e. The Kier molecular flexibility index (Phi) is 3.99. The molecule has 4 nitrogen and oxygen atoms in total. The lowest BCUT2D eigenvalue weighted by Crippen LogP contribution is -2.36. The Hall–Kier alpha value is -0.610. The minimum Gasteiger partial charge on any atom is -0.345 e. The third kappa shape index (κ3) is 4.29. The SMILES string of the molecule is CC(=O)N(C)CCN(C)N. The molecule has 60 valence electrons. The van der Waals surface area contributed by atoms with Gasteiger partial charge in [-0.3, -0.25) is 10.6 Å². The molecule has 0 saturated heterocycles. The van der Waals surface area contributed by atoms with Crippen molar-refractivity contribution in [3.05, 3.63) is 0 Å². The highest BCUT2D eigenvalue weighted by molar-refractivity contribution is 5.72. The average molecular weight is 145 g/mol. The molecule has 0 aliphatic carbocycles. The van der Waals surface area contributed by atoms with Gasteiger partial charge in [0.15, 0.2) is 0 Å². The van der Waals surface area contributed by atoms with Crippen molar-refractivity contribution < 1.29 is 4.79 Å². The van der Waals surface area contributed by atoms with E-state index in [2.05, 4.69) is 0 Å². The van der Waals surface area contributed by atoms with Crippen molar-refractivity contribution in [3.63, 3.8) is 0 Å². The molecule has 2 N–H and O–H groups in total. The van der Waals surface area contributed by atoms with Crippen LogP contribution in [-0.2, 0) is 4.79 Å². The number of amides is 1. The third-order valence-electron chi connectivity index (χ3n) is 1.33. The third-order valence-corrected chi connectivity index (χ3v) is 1.33. The highest BCUT2D eigenvalue weighted by Gasteiger charge is 2.00. The lowest BCUT2D eigenvalue weighted by atomic mass is 10.5. The molecule has 0 spiro atoms. The summed E-state index contributed by atoms with van der Waals surface area (Å²) in [5, 5.41) is 1.56. The van der Waals surface area contributed by atoms with E-state index in [-0.39, 0.29) is 5.91 Å². The molecule has 0 fully saturated rings. The van der Waals surface area contributed by atoms with Crippen LogP contribution >= 0.6 is 0 Å². The molecular weight excluding hydrogens is 130 g/mol. The predicted octanol–water partition coefficient (Wildman–Crippen LogP) is -0.730. The normalized spacial score (nSPS) is 10.1. The second-order valence-electron chi connectivity index (χ2n) is 2.42. The number of rotatable bonds is 3. The summed E-state index contributed by atoms with van der Waals surface area (Å²) in [7, 11) is 3.53. The molecule has 0 aliphatic heterocycles. The fourth-order valence-corrected chi connectivity index (χ4v) is 0.465. The quantitative estimate of drug-likeness (QED) is 0.421. The minimum absolute atomic E-state index is 0.0712. The maximum atomic E-state index is 10.6. The van der Waals surface area contributed by atoms with Gasteiger partial charge < -0.3 is 4.90 Å². The first kappa shape index (κ1) is 9.39. The Bertz CT molecular complexity index is 114. The maximum Gasteiger partial charge on any atom is 0.219 e. The van der Waals surface area contributed by atoms with E-state index >= 15 is 0 Å². The maximum absolute atomic E-state index is 10.6. The molecular formula is C6H15N3O. The number of hydrogen-bond donors (Lipinski definition) is 1. The van der Waals surface area contributed by atoms with Gasteiger partial charge in [0.05, 0.1) is 0 Å². The summed E-state index contributed by atoms with van der Waals surface area (Å²) in [6.07, 6.45) is 0. The number of hydrazine groups is 1. The van der Waals surface area contributed by atoms with Crippen LogP contribution in [0.3, 0.4) is 0 Å². The van der Waals surface area contributed by atoms with Gasteiger partial charge >= 0.3 is 0 Å². The minimum atomic E-state index is 0.0712. The summed E-state index contributed by atoms with van der Waals surface area (Å²) >= 11 is 0. The number of nitrogens with zero attached hydrogens (tertiary/aromatic N) is 2. The summed E-state index contributed by atoms with van der Waals surface area (Å²) in [6, 6.07) is 0. The Morgan fingerprint density at radius 2 is 1.90 bits per heavy atom. The van der Waals surface area contributed by atoms with Crippen molar-refractivity contribution in [2.75, 3.05) is 27.2 Å². The van der Waals surface area contributed by atoms with Gasteiger partial charge in [0, 0.05) is 34.1 Å². The van der Waals surface area contributed by atoms with E-state index in [0.717, 1.165) is 0 Å². The van der Waals surface area contributed by atoms with Crippen molar-refractivity contribution in [2.24, 2.45) is 5.84 Å². The molecule has 0 heterocycles. The summed E-state index contributed by atoms with van der Waals surface area (Å²) in [6.45, 7) is 2.93. The van der Waals surface area contributed by atoms with Gasteiger partial charge in [-0.2, -0.15) is 0 Å². The first-order chi connectivity index (χ1) is 4.54. The molecule has 0 aliphatic rings. The molecule has 0 aromatic heterocycles. The number of hydrogen-bond acceptors (Lipinski definition) is 3. The van der Waals surface area contributed by atoms with Crippen molar-refractivity contribution in [1.29, 1.82) is 0 Å². The van der Waals surface area contributed by atoms with Gasteiger partial charge in [-0.15, -0.1) is 0 Å². The van der Waals surface area contributed by atoms with Crippen LogP contribution in [0, 0.1) is 0 Å². The standard InChI is InChI=1S/C6H15N3O/c1-6(10)8(2)4-5-9(3)7/h4-5,7H2,1-3H3. The van der Waals surface area contributed by atoms with Crippen molar-refractivity contribution in [3.8, 4) is 0 Å². The molecule has 10 heavy (non-hydrogen) atoms. The van der Waals surface area contributed by atoms with Crippen LogP contribution in [0.15, 0.2) is 0 Å². The van der Waals surface area contributed by atoms with E-state index in [1.807, 2.05) is 0 Å². The Morgan fingerprint density at radius 3 is 2.20 bits per heavy atom. The van der Waals surface area contributed by atoms with E-state index < -0.39 is 0 Å². The van der Waals surface area contributed by atoms with Gasteiger partial charge in [0.1, 0.15) is 0 Å². The predicted molar refractivity (Wildman–Crippen MR) is 40.1 cm³/mol. The van der Waals surface area contributed by atoms with Gasteiger partial charge in [0.2, 0.25) is 5.91 Å². The Labute approximate surface area is 61.6 Å². The molecule has 0 bridgehead atoms. The van der Waals surface area contributed by atoms with Crippen LogP contribution in [0.2, 0.25) is 0 Å². The van der Waals surface area contributed by atoms with Crippen molar-refractivity contribution in [2.45, 2.75) is 6.92 Å². The molecule has 1 amide bonds. The first-order valence-electron chi connectivity index (χ1n) is 3.21. The average Bonchev–Trinajstić information content (AvgIpc) is 1.82. The number of carbonyl (C=O) groups is 1. The zero-order valence-electron chi connectivity index (χ0n) is 6.79. The van der Waals surface area contributed by atoms with Crippen LogP contribution in [-0.4, -0.2) is 43.0 Å². The zero-order chi connectivity index (χ0) is 8.15. The topological polar surface area (TPSA) is 49.6 Å². The molecule has 0 aromatic rings. The Balaban J connectivity index is 3.40. The molecule has 0 aromatic carbocycles. The van der Waals surface area contributed by atoms with Crippen LogP contribution < -0.4 is 5.84 Å². The monoisotopic (exact) mass is 145 g/mol. The fourth-order valence-electron chi connectivity index (χ4n) is 0.465. The van der Waals surface area contributed by atoms with E-state index in [1.165, 1.54) is 6.92 Å². The Morgan fingerprint density at radius 1 is 1.40 bits per heavy atom. The molecule has 0 rings (SSSR count). The second-order valence-corrected chi connectivity index (χ2v) is 2.42. The lowest BCUT2D eigenvalue weighted by molar-refractivity contribution is -0.127. The van der Waals surface area contributed by atoms with Gasteiger partial charge in [-0.25, -0.2) is 5.01 Å². The lowest BCUT2D eigenvalue weighted by Gasteiger charge is -2.17. The fraction of sp³-hybridized carbons (Fsp3) is 0.833. The summed E-state index contributed by atoms with van der Waals surface area (Å²) in [5.41, 5.74) is 0. The summed E-state index contributed by atoms with van der Waals surface area (Å²) < 4.78 is 0. The summed E-state index contributed by atoms with van der Waals surface area (Å²) in [4.78, 5) is 12.3. The molecule has 0 atom stereocenters. The molecule has 0 unspecified atom stereocenters. The van der Waals surface area contributed by atoms with Crippen LogP contribution in [0.25, 0.3) is 0 Å². The molecule has 0 saturated carbocycles. The highest BCUT2D eigenvalue weighted by atomic mass is 16.2. The van der Waals surface area contributed by atoms with Crippen molar-refractivity contribution in [1.82, 2.24) is 9.91 Å². The summed E-state index contributed by atoms with van der Waals surface area (Å²) in [5.74, 6) is 5.41. The number of nitrogens with two attached hydrogens (primary N) is 1. The zero-order valence-corrected chi connectivity index (χ0v) is 6.79. The number of likely N-dealkylation sites (N-methyl/N-ethyl adjacent to an activating group) is 2. The first-order valence-corrected chi connectivity index (χ1v) is 3.21. The van der Waals surface area contributed by atoms with E-state index in [9.17, 15) is 4.79 Å². The van der Waals surface area contributed by atoms with Gasteiger partial charge in [-0.1, -0.05) is 0 Å². The van der Waals surface area contributed by atoms with E-state index in [0.29, 0.717) is 13.1 Å². The second kappa shape index (κ2) is 4.24. The van der Waals surface area contributed by atoms with Crippen LogP contribution in [0.1, 0.15) is 6.92 Å². The number of carbonyl (C=O) groups excluding carboxylic acids is 1. The van der Waals surface area contributed by atoms with E-state index in [4.69, 9.17) is 5.84 Å². The van der Waals surface area contributed by atoms with Crippen LogP contribution in [0.4, 0.5) is 0 Å². The smallest absolute Gasteiger partial charge is 0.219 e. The van der Waals surface area contributed by atoms with Crippen molar-refractivity contribution >= 4 is 5.91 Å². The molecule has 0 radical (unpaired) electrons. The molecule has 4 heteroatoms. The van der Waals surface area contributed by atoms with Gasteiger partial charge in [-0.05, 0) is 0 Å². The van der Waals surface area contributed by atoms with E-state index in [1.54, 1.807) is 24.0 Å². The highest BCUT2D eigenvalue weighted by Crippen LogP contribution is 1.82. The van der Waals surface area contributed by atoms with Gasteiger partial charge in [0.25, 0.3) is 0 Å².